The summed E-state index contributed by atoms with van der Waals surface area (Å²) in [6, 6.07) is 0. The van der Waals surface area contributed by atoms with Gasteiger partial charge in [0.15, 0.2) is 41.8 Å². The van der Waals surface area contributed by atoms with Crippen molar-refractivity contribution in [3.05, 3.63) is 24.7 Å². The second kappa shape index (κ2) is 13.4. The first kappa shape index (κ1) is 31.3. The number of aliphatic hydroxyl groups is 1. The van der Waals surface area contributed by atoms with Gasteiger partial charge in [-0.05, 0) is 12.6 Å². The second-order valence-corrected chi connectivity index (χ2v) is 11.9. The summed E-state index contributed by atoms with van der Waals surface area (Å²) in [6.45, 7) is 0.445. The number of nitrogens with one attached hydrogen (secondary N) is 1. The van der Waals surface area contributed by atoms with Crippen LogP contribution in [0.3, 0.4) is 0 Å². The maximum Gasteiger partial charge on any atom is 0.196 e. The fourth-order valence-electron chi connectivity index (χ4n) is 5.80. The molecule has 21 heteroatoms. The van der Waals surface area contributed by atoms with E-state index in [1.807, 2.05) is 0 Å². The maximum absolute atomic E-state index is 11.2. The number of aromatic nitrogens is 6. The standard InChI is InChI=1S/C23H35N11O8P2/c1-37-15-10(40-22(16(15)42-36)34-8-30-13-18(25)31-23(26)32-20(13)34)2-3-44-39-4-9-11(5-38-43)41-21(14(9)35)33-7-29-12-17(24)27-6-28-19(12)33/h6-11,14-16,18,21-22,35-36,44H,2-5,25,43H2,1H3,(H2,24,27,28)(H3,26,31,32)/t9-,10-,11-,14-,15-,16-,18?,21-,22-/m1/s1. The molecular formula is C23H35N11O8P2. The molecule has 0 saturated carbocycles. The first-order valence-electron chi connectivity index (χ1n) is 13.7. The van der Waals surface area contributed by atoms with Crippen molar-refractivity contribution >= 4 is 47.0 Å². The summed E-state index contributed by atoms with van der Waals surface area (Å²) in [5, 5.41) is 23.8. The third-order valence-electron chi connectivity index (χ3n) is 7.93. The van der Waals surface area contributed by atoms with Crippen molar-refractivity contribution in [1.29, 1.82) is 0 Å². The molecule has 3 aromatic heterocycles. The number of nitrogen functional groups attached to an aromatic ring is 1. The molecule has 9 N–H and O–H groups in total. The lowest BCUT2D eigenvalue weighted by Crippen LogP contribution is -2.41. The molecule has 3 aromatic rings. The zero-order chi connectivity index (χ0) is 31.0. The predicted molar refractivity (Wildman–Crippen MR) is 158 cm³/mol. The van der Waals surface area contributed by atoms with Gasteiger partial charge in [0.1, 0.15) is 35.9 Å². The largest absolute Gasteiger partial charge is 0.388 e. The van der Waals surface area contributed by atoms with Crippen LogP contribution in [0, 0.1) is 5.92 Å². The number of guanidine groups is 1. The highest BCUT2D eigenvalue weighted by atomic mass is 31.1. The highest BCUT2D eigenvalue weighted by Gasteiger charge is 2.49. The van der Waals surface area contributed by atoms with Gasteiger partial charge in [-0.1, -0.05) is 0 Å². The SMILES string of the molecule is CO[C@H]1[C@@H](OO)[C@H](n2cnc3c2N=C(N)NC3N)O[C@@H]1CCPOC[C@H]1[C@@H](O)[C@H](n2cnc3c(N)ncnc32)O[C@@H]1COP. The molecule has 0 aromatic carbocycles. The number of imidazole rings is 2. The Morgan fingerprint density at radius 1 is 1.07 bits per heavy atom. The van der Waals surface area contributed by atoms with Crippen molar-refractivity contribution in [1.82, 2.24) is 34.4 Å². The molecule has 240 valence electrons. The Morgan fingerprint density at radius 3 is 2.64 bits per heavy atom. The molecular weight excluding hydrogens is 620 g/mol. The van der Waals surface area contributed by atoms with Crippen LogP contribution in [-0.4, -0.2) is 102 Å². The van der Waals surface area contributed by atoms with E-state index in [2.05, 4.69) is 39.7 Å². The average Bonchev–Trinajstić information content (AvgIpc) is 3.77. The van der Waals surface area contributed by atoms with E-state index in [0.29, 0.717) is 35.3 Å². The minimum atomic E-state index is -0.932. The zero-order valence-corrected chi connectivity index (χ0v) is 25.7. The molecule has 2 fully saturated rings. The number of fused-ring (bicyclic) bond motifs is 2. The number of hydrogen-bond donors (Lipinski definition) is 6. The first-order chi connectivity index (χ1) is 21.4. The molecule has 0 spiro atoms. The average molecular weight is 656 g/mol. The van der Waals surface area contributed by atoms with Gasteiger partial charge in [0.05, 0.1) is 38.1 Å². The quantitative estimate of drug-likeness (QED) is 0.0608. The molecule has 0 radical (unpaired) electrons. The van der Waals surface area contributed by atoms with Gasteiger partial charge in [-0.3, -0.25) is 14.4 Å². The van der Waals surface area contributed by atoms with Crippen molar-refractivity contribution in [2.45, 2.75) is 55.6 Å². The molecule has 3 unspecified atom stereocenters. The Hall–Kier alpha value is -2.67. The van der Waals surface area contributed by atoms with E-state index < -0.39 is 55.1 Å². The van der Waals surface area contributed by atoms with Gasteiger partial charge in [-0.25, -0.2) is 24.8 Å². The number of nitrogens with zero attached hydrogens (tertiary/aromatic N) is 7. The summed E-state index contributed by atoms with van der Waals surface area (Å²) in [6.07, 6.45) is 0.00678. The third-order valence-corrected chi connectivity index (χ3v) is 8.98. The highest BCUT2D eigenvalue weighted by Crippen LogP contribution is 2.41. The molecule has 0 amide bonds. The summed E-state index contributed by atoms with van der Waals surface area (Å²) in [5.41, 5.74) is 19.2. The van der Waals surface area contributed by atoms with Crippen LogP contribution in [-0.2, 0) is 28.1 Å². The normalized spacial score (nSPS) is 32.0. The highest BCUT2D eigenvalue weighted by molar-refractivity contribution is 7.32. The Labute approximate surface area is 254 Å². The van der Waals surface area contributed by atoms with E-state index in [1.54, 1.807) is 9.13 Å². The topological polar surface area (TPSA) is 260 Å². The van der Waals surface area contributed by atoms with Crippen LogP contribution in [0.4, 0.5) is 11.6 Å². The van der Waals surface area contributed by atoms with E-state index in [-0.39, 0.29) is 33.8 Å². The van der Waals surface area contributed by atoms with Crippen molar-refractivity contribution in [2.24, 2.45) is 22.4 Å². The van der Waals surface area contributed by atoms with Crippen LogP contribution in [0.25, 0.3) is 11.2 Å². The lowest BCUT2D eigenvalue weighted by atomic mass is 9.99. The monoisotopic (exact) mass is 655 g/mol. The molecule has 3 aliphatic rings. The van der Waals surface area contributed by atoms with Crippen LogP contribution in [0.15, 0.2) is 24.0 Å². The molecule has 19 nitrogen and oxygen atoms in total. The molecule has 2 saturated heterocycles. The lowest BCUT2D eigenvalue weighted by molar-refractivity contribution is -0.306. The number of ether oxygens (including phenoxy) is 3. The fraction of sp³-hybridized carbons (Fsp3) is 0.609. The fourth-order valence-corrected chi connectivity index (χ4v) is 6.84. The second-order valence-electron chi connectivity index (χ2n) is 10.4. The number of aliphatic imine (C=N–C) groups is 1. The number of methoxy groups -OCH3 is 1. The van der Waals surface area contributed by atoms with Gasteiger partial charge >= 0.3 is 0 Å². The summed E-state index contributed by atoms with van der Waals surface area (Å²) in [4.78, 5) is 25.9. The summed E-state index contributed by atoms with van der Waals surface area (Å²) >= 11 is 0. The van der Waals surface area contributed by atoms with Gasteiger partial charge in [-0.2, -0.15) is 4.99 Å². The Bertz CT molecular complexity index is 1480. The molecule has 11 atom stereocenters. The van der Waals surface area contributed by atoms with Crippen molar-refractivity contribution in [3.63, 3.8) is 0 Å². The third kappa shape index (κ3) is 5.74. The molecule has 3 aliphatic heterocycles. The van der Waals surface area contributed by atoms with Gasteiger partial charge in [0.2, 0.25) is 0 Å². The van der Waals surface area contributed by atoms with Crippen LogP contribution in [0.5, 0.6) is 0 Å². The van der Waals surface area contributed by atoms with Crippen molar-refractivity contribution < 1.29 is 38.5 Å². The van der Waals surface area contributed by atoms with Gasteiger partial charge in [0, 0.05) is 31.3 Å². The minimum absolute atomic E-state index is 0.0710. The number of hydrogen-bond acceptors (Lipinski definition) is 17. The minimum Gasteiger partial charge on any atom is -0.388 e. The predicted octanol–water partition coefficient (Wildman–Crippen LogP) is -0.736. The van der Waals surface area contributed by atoms with Crippen LogP contribution in [0.2, 0.25) is 0 Å². The lowest BCUT2D eigenvalue weighted by Gasteiger charge is -2.23. The Balaban J connectivity index is 1.06. The summed E-state index contributed by atoms with van der Waals surface area (Å²) < 4.78 is 32.6. The van der Waals surface area contributed by atoms with Gasteiger partial charge in [0.25, 0.3) is 0 Å². The first-order valence-corrected chi connectivity index (χ1v) is 15.3. The van der Waals surface area contributed by atoms with Gasteiger partial charge in [-0.15, -0.1) is 0 Å². The van der Waals surface area contributed by atoms with Gasteiger partial charge < -0.3 is 50.9 Å². The molecule has 0 bridgehead atoms. The number of rotatable bonds is 12. The van der Waals surface area contributed by atoms with Crippen molar-refractivity contribution in [2.75, 3.05) is 32.2 Å². The Morgan fingerprint density at radius 2 is 1.86 bits per heavy atom. The summed E-state index contributed by atoms with van der Waals surface area (Å²) in [7, 11) is 3.79. The maximum atomic E-state index is 11.2. The summed E-state index contributed by atoms with van der Waals surface area (Å²) in [5.74, 6) is 0.385. The number of anilines is 1. The van der Waals surface area contributed by atoms with E-state index in [4.69, 9.17) is 45.3 Å². The van der Waals surface area contributed by atoms with E-state index in [1.165, 1.54) is 26.1 Å². The van der Waals surface area contributed by atoms with Crippen LogP contribution >= 0.6 is 18.3 Å². The Kier molecular flexibility index (Phi) is 9.51. The molecule has 44 heavy (non-hydrogen) atoms. The smallest absolute Gasteiger partial charge is 0.196 e. The van der Waals surface area contributed by atoms with Crippen LogP contribution < -0.4 is 22.5 Å². The molecule has 6 rings (SSSR count). The van der Waals surface area contributed by atoms with Crippen molar-refractivity contribution in [3.8, 4) is 0 Å². The number of nitrogens with two attached hydrogens (primary N) is 3. The van der Waals surface area contributed by atoms with E-state index >= 15 is 0 Å². The molecule has 6 heterocycles. The molecule has 0 aliphatic carbocycles. The number of aliphatic hydroxyl groups excluding tert-OH is 1. The zero-order valence-electron chi connectivity index (χ0n) is 23.5. The van der Waals surface area contributed by atoms with E-state index in [9.17, 15) is 10.4 Å². The van der Waals surface area contributed by atoms with Crippen LogP contribution in [0.1, 0.15) is 30.7 Å². The van der Waals surface area contributed by atoms with E-state index in [0.717, 1.165) is 0 Å².